The van der Waals surface area contributed by atoms with Gasteiger partial charge in [0.05, 0.1) is 11.6 Å². The maximum Gasteiger partial charge on any atom is 0.149 e. The Bertz CT molecular complexity index is 838. The van der Waals surface area contributed by atoms with Gasteiger partial charge in [0, 0.05) is 11.9 Å². The highest BCUT2D eigenvalue weighted by molar-refractivity contribution is 5.89. The van der Waals surface area contributed by atoms with Crippen molar-refractivity contribution in [3.05, 3.63) is 42.2 Å². The summed E-state index contributed by atoms with van der Waals surface area (Å²) in [6.45, 7) is 5.33. The molecule has 2 aromatic heterocycles. The van der Waals surface area contributed by atoms with E-state index in [9.17, 15) is 0 Å². The predicted molar refractivity (Wildman–Crippen MR) is 89.2 cm³/mol. The summed E-state index contributed by atoms with van der Waals surface area (Å²) in [6, 6.07) is 6.55. The molecule has 1 N–H and O–H groups in total. The Labute approximate surface area is 135 Å². The number of rotatable bonds is 3. The highest BCUT2D eigenvalue weighted by Gasteiger charge is 2.23. The van der Waals surface area contributed by atoms with Crippen molar-refractivity contribution in [2.75, 3.05) is 5.32 Å². The molecule has 1 aliphatic heterocycles. The summed E-state index contributed by atoms with van der Waals surface area (Å²) in [6.07, 6.45) is 5.37. The van der Waals surface area contributed by atoms with Crippen molar-refractivity contribution in [3.63, 3.8) is 0 Å². The van der Waals surface area contributed by atoms with Gasteiger partial charge in [-0.2, -0.15) is 5.10 Å². The van der Waals surface area contributed by atoms with Crippen LogP contribution < -0.4 is 5.32 Å². The minimum atomic E-state index is 0.145. The van der Waals surface area contributed by atoms with Crippen LogP contribution in [0, 0.1) is 0 Å². The van der Waals surface area contributed by atoms with E-state index in [0.29, 0.717) is 5.92 Å². The van der Waals surface area contributed by atoms with E-state index in [1.165, 1.54) is 5.56 Å². The van der Waals surface area contributed by atoms with Gasteiger partial charge in [-0.1, -0.05) is 19.9 Å². The number of aromatic nitrogens is 5. The van der Waals surface area contributed by atoms with E-state index in [4.69, 9.17) is 0 Å². The number of hydrogen-bond acceptors (Lipinski definition) is 5. The molecule has 1 aromatic carbocycles. The second-order valence-corrected chi connectivity index (χ2v) is 6.33. The van der Waals surface area contributed by atoms with Crippen molar-refractivity contribution in [1.82, 2.24) is 24.7 Å². The molecule has 4 rings (SSSR count). The number of aryl methyl sites for hydroxylation is 1. The van der Waals surface area contributed by atoms with Crippen molar-refractivity contribution >= 4 is 16.7 Å². The third kappa shape index (κ3) is 2.54. The van der Waals surface area contributed by atoms with Crippen LogP contribution in [0.5, 0.6) is 0 Å². The van der Waals surface area contributed by atoms with E-state index in [1.54, 1.807) is 12.7 Å². The second kappa shape index (κ2) is 5.61. The summed E-state index contributed by atoms with van der Waals surface area (Å²) in [7, 11) is 0. The van der Waals surface area contributed by atoms with Gasteiger partial charge in [-0.15, -0.1) is 0 Å². The molecule has 0 bridgehead atoms. The van der Waals surface area contributed by atoms with Gasteiger partial charge in [-0.05, 0) is 36.5 Å². The SMILES string of the molecule is CC(C)c1ccc2ncnc(NC3CCCn4ncnc43)c2c1. The average molecular weight is 308 g/mol. The van der Waals surface area contributed by atoms with E-state index >= 15 is 0 Å². The summed E-state index contributed by atoms with van der Waals surface area (Å²) < 4.78 is 1.98. The molecule has 0 saturated heterocycles. The summed E-state index contributed by atoms with van der Waals surface area (Å²) in [5.74, 6) is 2.34. The number of anilines is 1. The zero-order valence-corrected chi connectivity index (χ0v) is 13.4. The Kier molecular flexibility index (Phi) is 3.44. The summed E-state index contributed by atoms with van der Waals surface area (Å²) >= 11 is 0. The van der Waals surface area contributed by atoms with Crippen LogP contribution in [0.25, 0.3) is 10.9 Å². The molecule has 0 radical (unpaired) electrons. The summed E-state index contributed by atoms with van der Waals surface area (Å²) in [5, 5.41) is 8.90. The molecule has 6 nitrogen and oxygen atoms in total. The number of hydrogen-bond donors (Lipinski definition) is 1. The molecule has 1 atom stereocenters. The molecule has 1 aliphatic rings. The zero-order valence-electron chi connectivity index (χ0n) is 13.4. The van der Waals surface area contributed by atoms with E-state index in [0.717, 1.165) is 41.9 Å². The zero-order chi connectivity index (χ0) is 15.8. The molecule has 0 spiro atoms. The number of benzene rings is 1. The summed E-state index contributed by atoms with van der Waals surface area (Å²) in [4.78, 5) is 13.3. The molecule has 0 saturated carbocycles. The van der Waals surface area contributed by atoms with E-state index in [2.05, 4.69) is 57.4 Å². The molecule has 1 unspecified atom stereocenters. The molecular weight excluding hydrogens is 288 g/mol. The Hall–Kier alpha value is -2.50. The van der Waals surface area contributed by atoms with Crippen molar-refractivity contribution in [3.8, 4) is 0 Å². The van der Waals surface area contributed by atoms with Gasteiger partial charge in [0.25, 0.3) is 0 Å². The van der Waals surface area contributed by atoms with Gasteiger partial charge in [0.15, 0.2) is 0 Å². The van der Waals surface area contributed by atoms with Crippen LogP contribution in [0.2, 0.25) is 0 Å². The monoisotopic (exact) mass is 308 g/mol. The van der Waals surface area contributed by atoms with Gasteiger partial charge in [0.1, 0.15) is 24.3 Å². The molecule has 3 aromatic rings. The molecule has 0 fully saturated rings. The predicted octanol–water partition coefficient (Wildman–Crippen LogP) is 3.29. The smallest absolute Gasteiger partial charge is 0.149 e. The topological polar surface area (TPSA) is 68.5 Å². The number of nitrogens with zero attached hydrogens (tertiary/aromatic N) is 5. The lowest BCUT2D eigenvalue weighted by molar-refractivity contribution is 0.437. The van der Waals surface area contributed by atoms with Gasteiger partial charge in [-0.25, -0.2) is 19.6 Å². The first-order valence-electron chi connectivity index (χ1n) is 8.11. The summed E-state index contributed by atoms with van der Waals surface area (Å²) in [5.41, 5.74) is 2.26. The highest BCUT2D eigenvalue weighted by Crippen LogP contribution is 2.30. The highest BCUT2D eigenvalue weighted by atomic mass is 15.3. The molecule has 6 heteroatoms. The maximum atomic E-state index is 4.48. The van der Waals surface area contributed by atoms with Crippen LogP contribution in [-0.4, -0.2) is 24.7 Å². The fourth-order valence-corrected chi connectivity index (χ4v) is 3.14. The van der Waals surface area contributed by atoms with Crippen LogP contribution in [0.15, 0.2) is 30.9 Å². The van der Waals surface area contributed by atoms with Crippen LogP contribution >= 0.6 is 0 Å². The van der Waals surface area contributed by atoms with Gasteiger partial charge in [-0.3, -0.25) is 0 Å². The average Bonchev–Trinajstić information content (AvgIpc) is 3.04. The Morgan fingerprint density at radius 1 is 1.17 bits per heavy atom. The largest absolute Gasteiger partial charge is 0.359 e. The standard InChI is InChI=1S/C17H20N6/c1-11(2)12-5-6-14-13(8-12)16(19-9-18-14)22-15-4-3-7-23-17(15)20-10-21-23/h5-6,8-11,15H,3-4,7H2,1-2H3,(H,18,19,22). The first-order valence-corrected chi connectivity index (χ1v) is 8.11. The van der Waals surface area contributed by atoms with Crippen LogP contribution in [-0.2, 0) is 6.54 Å². The third-order valence-corrected chi connectivity index (χ3v) is 4.46. The third-order valence-electron chi connectivity index (χ3n) is 4.46. The lowest BCUT2D eigenvalue weighted by Gasteiger charge is -2.24. The van der Waals surface area contributed by atoms with Crippen LogP contribution in [0.4, 0.5) is 5.82 Å². The lowest BCUT2D eigenvalue weighted by Crippen LogP contribution is -2.23. The fourth-order valence-electron chi connectivity index (χ4n) is 3.14. The van der Waals surface area contributed by atoms with Gasteiger partial charge >= 0.3 is 0 Å². The molecule has 3 heterocycles. The first-order chi connectivity index (χ1) is 11.2. The second-order valence-electron chi connectivity index (χ2n) is 6.33. The Morgan fingerprint density at radius 3 is 2.96 bits per heavy atom. The van der Waals surface area contributed by atoms with E-state index < -0.39 is 0 Å². The quantitative estimate of drug-likeness (QED) is 0.804. The van der Waals surface area contributed by atoms with E-state index in [1.807, 2.05) is 4.68 Å². The van der Waals surface area contributed by atoms with Crippen molar-refractivity contribution in [1.29, 1.82) is 0 Å². The molecule has 23 heavy (non-hydrogen) atoms. The molecule has 118 valence electrons. The normalized spacial score (nSPS) is 17.4. The maximum absolute atomic E-state index is 4.48. The van der Waals surface area contributed by atoms with E-state index in [-0.39, 0.29) is 6.04 Å². The van der Waals surface area contributed by atoms with Gasteiger partial charge < -0.3 is 5.32 Å². The first kappa shape index (κ1) is 14.1. The number of nitrogens with one attached hydrogen (secondary N) is 1. The molecule has 0 amide bonds. The Balaban J connectivity index is 1.74. The van der Waals surface area contributed by atoms with Crippen molar-refractivity contribution in [2.45, 2.75) is 45.2 Å². The van der Waals surface area contributed by atoms with Crippen molar-refractivity contribution in [2.24, 2.45) is 0 Å². The van der Waals surface area contributed by atoms with Crippen LogP contribution in [0.1, 0.15) is 50.0 Å². The van der Waals surface area contributed by atoms with Gasteiger partial charge in [0.2, 0.25) is 0 Å². The minimum Gasteiger partial charge on any atom is -0.359 e. The fraction of sp³-hybridized carbons (Fsp3) is 0.412. The van der Waals surface area contributed by atoms with Crippen molar-refractivity contribution < 1.29 is 0 Å². The minimum absolute atomic E-state index is 0.145. The number of fused-ring (bicyclic) bond motifs is 2. The molecule has 0 aliphatic carbocycles. The van der Waals surface area contributed by atoms with Crippen LogP contribution in [0.3, 0.4) is 0 Å². The lowest BCUT2D eigenvalue weighted by atomic mass is 10.0. The Morgan fingerprint density at radius 2 is 2.09 bits per heavy atom. The molecular formula is C17H20N6.